The van der Waals surface area contributed by atoms with Crippen molar-refractivity contribution >= 4 is 110 Å². The zero-order valence-electron chi connectivity index (χ0n) is 14.2. The van der Waals surface area contributed by atoms with Crippen LogP contribution in [0.3, 0.4) is 0 Å². The molecule has 90 valence electrons. The molecule has 3 aliphatic rings. The summed E-state index contributed by atoms with van der Waals surface area (Å²) in [5.41, 5.74) is -3.81. The van der Waals surface area contributed by atoms with E-state index in [1.165, 1.54) is 6.92 Å². The van der Waals surface area contributed by atoms with Gasteiger partial charge in [-0.3, -0.25) is 0 Å². The number of hydrogen-bond donors (Lipinski definition) is 0. The molecule has 0 nitrogen and oxygen atoms in total. The molecule has 3 aliphatic carbocycles. The minimum atomic E-state index is -2.18. The lowest BCUT2D eigenvalue weighted by Gasteiger charge is -2.88. The molecule has 0 saturated heterocycles. The van der Waals surface area contributed by atoms with Crippen LogP contribution < -0.4 is 0 Å². The van der Waals surface area contributed by atoms with Crippen molar-refractivity contribution < 1.29 is 0 Å². The number of rotatable bonds is 2. The van der Waals surface area contributed by atoms with Crippen LogP contribution in [-0.2, 0) is 0 Å². The van der Waals surface area contributed by atoms with Gasteiger partial charge in [0.05, 0.1) is 110 Å². The van der Waals surface area contributed by atoms with Crippen LogP contribution in [0.2, 0.25) is 42.4 Å². The molecular weight excluding hydrogens is 283 g/mol. The van der Waals surface area contributed by atoms with Crippen LogP contribution in [0.5, 0.6) is 0 Å². The SMILES string of the molecule is [B]C(C)C([B])([B])C12C([B])([B])C([B])([B])C3([B])C([B])([B])C31C([B])([B])C2([B])[B]. The maximum Gasteiger partial charge on any atom is 0.0728 e. The second kappa shape index (κ2) is 4.25. The van der Waals surface area contributed by atoms with Gasteiger partial charge in [0, 0.05) is 0 Å². The highest BCUT2D eigenvalue weighted by Gasteiger charge is 3.04. The first-order valence-corrected chi connectivity index (χ1v) is 7.70. The predicted molar refractivity (Wildman–Crippen MR) is 114 cm³/mol. The molecule has 14 heteroatoms. The molecule has 0 aromatic heterocycles. The van der Waals surface area contributed by atoms with Gasteiger partial charge in [-0.2, -0.15) is 0 Å². The molecule has 1 spiro atoms. The quantitative estimate of drug-likeness (QED) is 0.476. The summed E-state index contributed by atoms with van der Waals surface area (Å²) in [6, 6.07) is 0. The first-order valence-electron chi connectivity index (χ1n) is 7.70. The molecule has 3 fully saturated rings. The fraction of sp³-hybridized carbons (Fsp3) is 1.00. The van der Waals surface area contributed by atoms with Crippen LogP contribution in [0.1, 0.15) is 6.92 Å². The first-order chi connectivity index (χ1) is 10.7. The van der Waals surface area contributed by atoms with Crippen molar-refractivity contribution in [3.8, 4) is 0 Å². The van der Waals surface area contributed by atoms with E-state index in [9.17, 15) is 0 Å². The van der Waals surface area contributed by atoms with E-state index in [1.807, 2.05) is 0 Å². The lowest BCUT2D eigenvalue weighted by atomic mass is 8.97. The largest absolute Gasteiger partial charge is 0.110 e. The lowest BCUT2D eigenvalue weighted by Crippen LogP contribution is -2.76. The zero-order chi connectivity index (χ0) is 20.1. The molecule has 0 bridgehead atoms. The fourth-order valence-corrected chi connectivity index (χ4v) is 6.41. The molecule has 0 heterocycles. The summed E-state index contributed by atoms with van der Waals surface area (Å²) in [6.07, 6.45) is 0. The number of hydrogen-bond acceptors (Lipinski definition) is 0. The van der Waals surface area contributed by atoms with E-state index >= 15 is 0 Å². The average Bonchev–Trinajstić information content (AvgIpc) is 2.77. The van der Waals surface area contributed by atoms with Gasteiger partial charge in [-0.25, -0.2) is 0 Å². The topological polar surface area (TPSA) is 0 Å². The van der Waals surface area contributed by atoms with E-state index in [4.69, 9.17) is 110 Å². The third-order valence-corrected chi connectivity index (χ3v) is 7.65. The highest BCUT2D eigenvalue weighted by atomic mass is 15.0. The second-order valence-electron chi connectivity index (χ2n) is 8.37. The molecule has 0 aromatic carbocycles. The minimum absolute atomic E-state index is 0.979. The first kappa shape index (κ1) is 20.6. The van der Waals surface area contributed by atoms with Crippen molar-refractivity contribution in [1.82, 2.24) is 0 Å². The van der Waals surface area contributed by atoms with Gasteiger partial charge in [-0.15, -0.1) is 20.9 Å². The monoisotopic (exact) mass is 290 g/mol. The molecule has 0 N–H and O–H groups in total. The summed E-state index contributed by atoms with van der Waals surface area (Å²) < 4.78 is 0. The Hall–Kier alpha value is 0.909. The fourth-order valence-electron chi connectivity index (χ4n) is 6.41. The van der Waals surface area contributed by atoms with E-state index in [0.29, 0.717) is 0 Å². The summed E-state index contributed by atoms with van der Waals surface area (Å²) in [5, 5.41) is -14.2. The predicted octanol–water partition coefficient (Wildman–Crippen LogP) is -2.98. The van der Waals surface area contributed by atoms with Crippen molar-refractivity contribution in [3.63, 3.8) is 0 Å². The van der Waals surface area contributed by atoms with E-state index in [0.717, 1.165) is 0 Å². The Morgan fingerprint density at radius 3 is 1.32 bits per heavy atom. The van der Waals surface area contributed by atoms with Crippen LogP contribution in [0.25, 0.3) is 0 Å². The Balaban J connectivity index is 2.54. The van der Waals surface area contributed by atoms with Gasteiger partial charge < -0.3 is 0 Å². The minimum Gasteiger partial charge on any atom is -0.110 e. The average molecular weight is 288 g/mol. The summed E-state index contributed by atoms with van der Waals surface area (Å²) in [6.45, 7) is 1.49. The molecule has 4 atom stereocenters. The maximum absolute atomic E-state index is 6.45. The Bertz CT molecular complexity index is 654. The molecule has 0 aromatic rings. The smallest absolute Gasteiger partial charge is 0.0728 e. The van der Waals surface area contributed by atoms with Gasteiger partial charge in [0.2, 0.25) is 0 Å². The van der Waals surface area contributed by atoms with Crippen LogP contribution >= 0.6 is 0 Å². The summed E-state index contributed by atoms with van der Waals surface area (Å²) >= 11 is 0. The highest BCUT2D eigenvalue weighted by molar-refractivity contribution is 6.71. The van der Waals surface area contributed by atoms with Gasteiger partial charge in [-0.05, 0) is 0 Å². The Morgan fingerprint density at radius 2 is 0.960 bits per heavy atom. The Morgan fingerprint density at radius 1 is 0.600 bits per heavy atom. The van der Waals surface area contributed by atoms with Crippen molar-refractivity contribution in [2.45, 2.75) is 49.3 Å². The maximum atomic E-state index is 6.45. The molecule has 25 heavy (non-hydrogen) atoms. The second-order valence-corrected chi connectivity index (χ2v) is 8.37. The molecule has 0 aliphatic heterocycles. The standard InChI is InChI=1S/C11H4B14/c1-2(12)3(13,14)4-5(10(22,23)8(4,18)19)6(15,7(5,16)17)11(24,25)9(4,20)21/h2H,1H3. The van der Waals surface area contributed by atoms with Gasteiger partial charge in [0.15, 0.2) is 0 Å². The van der Waals surface area contributed by atoms with Crippen molar-refractivity contribution in [3.05, 3.63) is 0 Å². The Labute approximate surface area is 169 Å². The van der Waals surface area contributed by atoms with E-state index in [1.54, 1.807) is 0 Å². The molecule has 0 amide bonds. The van der Waals surface area contributed by atoms with Gasteiger partial charge >= 0.3 is 0 Å². The molecule has 3 rings (SSSR count). The third kappa shape index (κ3) is 1.21. The summed E-state index contributed by atoms with van der Waals surface area (Å²) in [7, 11) is 88.1. The molecule has 4 unspecified atom stereocenters. The van der Waals surface area contributed by atoms with Crippen molar-refractivity contribution in [2.24, 2.45) is 10.8 Å². The van der Waals surface area contributed by atoms with E-state index in [2.05, 4.69) is 0 Å². The van der Waals surface area contributed by atoms with Crippen molar-refractivity contribution in [1.29, 1.82) is 0 Å². The summed E-state index contributed by atoms with van der Waals surface area (Å²) in [4.78, 5) is 0. The third-order valence-electron chi connectivity index (χ3n) is 7.65. The van der Waals surface area contributed by atoms with Crippen molar-refractivity contribution in [2.75, 3.05) is 0 Å². The molecular formula is C11H4B14. The van der Waals surface area contributed by atoms with Crippen LogP contribution in [0.4, 0.5) is 0 Å². The van der Waals surface area contributed by atoms with Gasteiger partial charge in [-0.1, -0.05) is 39.3 Å². The molecule has 3 saturated carbocycles. The van der Waals surface area contributed by atoms with E-state index in [-0.39, 0.29) is 0 Å². The zero-order valence-corrected chi connectivity index (χ0v) is 14.2. The van der Waals surface area contributed by atoms with Crippen LogP contribution in [0, 0.1) is 10.8 Å². The van der Waals surface area contributed by atoms with Gasteiger partial charge in [0.1, 0.15) is 0 Å². The normalized spacial score (nSPS) is 47.6. The van der Waals surface area contributed by atoms with E-state index < -0.39 is 53.2 Å². The molecule has 28 radical (unpaired) electrons. The van der Waals surface area contributed by atoms with Gasteiger partial charge in [0.25, 0.3) is 0 Å². The summed E-state index contributed by atoms with van der Waals surface area (Å²) in [5.74, 6) is -0.979. The van der Waals surface area contributed by atoms with Crippen LogP contribution in [0.15, 0.2) is 0 Å². The Kier molecular flexibility index (Phi) is 3.51. The van der Waals surface area contributed by atoms with Crippen LogP contribution in [-0.4, -0.2) is 110 Å². The highest BCUT2D eigenvalue weighted by Crippen LogP contribution is 3.20. The lowest BCUT2D eigenvalue weighted by molar-refractivity contribution is -0.0547.